The van der Waals surface area contributed by atoms with Crippen LogP contribution in [0.25, 0.3) is 17.3 Å². The lowest BCUT2D eigenvalue weighted by Gasteiger charge is -2.07. The van der Waals surface area contributed by atoms with Gasteiger partial charge in [-0.15, -0.1) is 23.1 Å². The van der Waals surface area contributed by atoms with Crippen molar-refractivity contribution in [3.63, 3.8) is 0 Å². The van der Waals surface area contributed by atoms with Gasteiger partial charge in [0.2, 0.25) is 0 Å². The number of nitriles is 2. The van der Waals surface area contributed by atoms with E-state index in [1.54, 1.807) is 17.8 Å². The number of nitrogens with zero attached hydrogens (tertiary/aromatic N) is 3. The highest BCUT2D eigenvalue weighted by Crippen LogP contribution is 2.16. The van der Waals surface area contributed by atoms with Crippen LogP contribution in [0.3, 0.4) is 0 Å². The van der Waals surface area contributed by atoms with E-state index in [-0.39, 0.29) is 11.1 Å². The van der Waals surface area contributed by atoms with E-state index in [0.29, 0.717) is 20.8 Å². The molecule has 0 radical (unpaired) electrons. The van der Waals surface area contributed by atoms with E-state index in [0.717, 1.165) is 27.4 Å². The quantitative estimate of drug-likeness (QED) is 0.606. The van der Waals surface area contributed by atoms with E-state index in [4.69, 9.17) is 0 Å². The molecule has 4 nitrogen and oxygen atoms in total. The van der Waals surface area contributed by atoms with Gasteiger partial charge in [-0.3, -0.25) is 9.36 Å². The Morgan fingerprint density at radius 1 is 1.07 bits per heavy atom. The summed E-state index contributed by atoms with van der Waals surface area (Å²) >= 11 is 2.81. The number of benzene rings is 2. The van der Waals surface area contributed by atoms with E-state index in [2.05, 4.69) is 13.8 Å². The molecular formula is C23H19N3OS2. The van der Waals surface area contributed by atoms with Crippen LogP contribution in [0.1, 0.15) is 30.9 Å². The Hall–Kier alpha value is -3.06. The van der Waals surface area contributed by atoms with Crippen molar-refractivity contribution < 1.29 is 0 Å². The number of rotatable bonds is 4. The molecule has 0 atom stereocenters. The normalized spacial score (nSPS) is 11.3. The van der Waals surface area contributed by atoms with Crippen molar-refractivity contribution in [2.75, 3.05) is 6.26 Å². The molecule has 0 aliphatic rings. The van der Waals surface area contributed by atoms with Gasteiger partial charge in [0, 0.05) is 4.90 Å². The Morgan fingerprint density at radius 3 is 2.21 bits per heavy atom. The maximum absolute atomic E-state index is 13.2. The first-order chi connectivity index (χ1) is 14.0. The number of hydrogen-bond acceptors (Lipinski definition) is 5. The van der Waals surface area contributed by atoms with Crippen LogP contribution in [-0.4, -0.2) is 10.8 Å². The van der Waals surface area contributed by atoms with Crippen molar-refractivity contribution in [1.82, 2.24) is 4.57 Å². The summed E-state index contributed by atoms with van der Waals surface area (Å²) in [5.41, 5.74) is 2.39. The summed E-state index contributed by atoms with van der Waals surface area (Å²) in [6.07, 6.45) is 3.81. The molecule has 0 aliphatic heterocycles. The first-order valence-electron chi connectivity index (χ1n) is 9.01. The minimum Gasteiger partial charge on any atom is -0.267 e. The van der Waals surface area contributed by atoms with Crippen LogP contribution >= 0.6 is 23.1 Å². The summed E-state index contributed by atoms with van der Waals surface area (Å²) in [6.45, 7) is 4.20. The van der Waals surface area contributed by atoms with E-state index in [9.17, 15) is 15.3 Å². The van der Waals surface area contributed by atoms with Crippen LogP contribution < -0.4 is 14.8 Å². The number of hydrogen-bond donors (Lipinski definition) is 0. The van der Waals surface area contributed by atoms with Crippen LogP contribution in [0.5, 0.6) is 0 Å². The summed E-state index contributed by atoms with van der Waals surface area (Å²) < 4.78 is 2.29. The fourth-order valence-corrected chi connectivity index (χ4v) is 4.33. The maximum Gasteiger partial charge on any atom is 0.273 e. The molecule has 0 saturated heterocycles. The highest BCUT2D eigenvalue weighted by Gasteiger charge is 2.11. The van der Waals surface area contributed by atoms with Gasteiger partial charge in [-0.05, 0) is 53.6 Å². The minimum absolute atomic E-state index is 0.0718. The smallest absolute Gasteiger partial charge is 0.267 e. The molecule has 0 saturated carbocycles. The highest BCUT2D eigenvalue weighted by molar-refractivity contribution is 7.98. The molecule has 0 bridgehead atoms. The number of thiazole rings is 1. The van der Waals surface area contributed by atoms with E-state index in [1.807, 2.05) is 66.9 Å². The Bertz CT molecular complexity index is 1270. The molecule has 144 valence electrons. The van der Waals surface area contributed by atoms with Gasteiger partial charge < -0.3 is 0 Å². The van der Waals surface area contributed by atoms with Gasteiger partial charge in [-0.1, -0.05) is 38.1 Å². The first kappa shape index (κ1) is 20.7. The zero-order valence-corrected chi connectivity index (χ0v) is 18.0. The maximum atomic E-state index is 13.2. The van der Waals surface area contributed by atoms with Gasteiger partial charge in [0.1, 0.15) is 16.8 Å². The predicted octanol–water partition coefficient (Wildman–Crippen LogP) is 3.77. The van der Waals surface area contributed by atoms with E-state index in [1.165, 1.54) is 4.57 Å². The van der Waals surface area contributed by atoms with Gasteiger partial charge in [-0.25, -0.2) is 0 Å². The fourth-order valence-electron chi connectivity index (χ4n) is 2.86. The van der Waals surface area contributed by atoms with E-state index < -0.39 is 0 Å². The summed E-state index contributed by atoms with van der Waals surface area (Å²) in [7, 11) is 0. The topological polar surface area (TPSA) is 69.6 Å². The predicted molar refractivity (Wildman–Crippen MR) is 120 cm³/mol. The fraction of sp³-hybridized carbons (Fsp3) is 0.174. The molecule has 0 spiro atoms. The Balaban J connectivity index is 2.27. The minimum atomic E-state index is -0.237. The van der Waals surface area contributed by atoms with Crippen molar-refractivity contribution in [2.45, 2.75) is 24.7 Å². The second-order valence-corrected chi connectivity index (χ2v) is 8.58. The molecule has 0 aliphatic carbocycles. The average molecular weight is 418 g/mol. The molecule has 29 heavy (non-hydrogen) atoms. The SMILES string of the molecule is CSc1ccc(C=c2sc(=C(C#N)C#N)n(-c3ccc(C(C)C)cc3)c2=O)cc1. The van der Waals surface area contributed by atoms with Gasteiger partial charge in [-0.2, -0.15) is 10.5 Å². The number of aromatic nitrogens is 1. The summed E-state index contributed by atoms with van der Waals surface area (Å²) in [6, 6.07) is 19.4. The van der Waals surface area contributed by atoms with Crippen molar-refractivity contribution in [1.29, 1.82) is 10.5 Å². The largest absolute Gasteiger partial charge is 0.273 e. The lowest BCUT2D eigenvalue weighted by atomic mass is 10.0. The lowest BCUT2D eigenvalue weighted by molar-refractivity contribution is 0.864. The zero-order valence-electron chi connectivity index (χ0n) is 16.3. The summed E-state index contributed by atoms with van der Waals surface area (Å²) in [5, 5.41) is 18.8. The van der Waals surface area contributed by atoms with Crippen LogP contribution in [0.4, 0.5) is 0 Å². The lowest BCUT2D eigenvalue weighted by Crippen LogP contribution is -2.30. The van der Waals surface area contributed by atoms with Crippen LogP contribution in [0, 0.1) is 22.7 Å². The second-order valence-electron chi connectivity index (χ2n) is 6.67. The third-order valence-corrected chi connectivity index (χ3v) is 6.33. The van der Waals surface area contributed by atoms with Gasteiger partial charge in [0.05, 0.1) is 10.2 Å². The van der Waals surface area contributed by atoms with Gasteiger partial charge >= 0.3 is 0 Å². The van der Waals surface area contributed by atoms with Crippen molar-refractivity contribution >= 4 is 34.7 Å². The monoisotopic (exact) mass is 417 g/mol. The second kappa shape index (κ2) is 8.96. The zero-order chi connectivity index (χ0) is 21.0. The average Bonchev–Trinajstić information content (AvgIpc) is 3.05. The van der Waals surface area contributed by atoms with Gasteiger partial charge in [0.15, 0.2) is 5.57 Å². The highest BCUT2D eigenvalue weighted by atomic mass is 32.2. The molecule has 3 rings (SSSR count). The molecule has 3 aromatic rings. The van der Waals surface area contributed by atoms with Crippen LogP contribution in [0.2, 0.25) is 0 Å². The summed E-state index contributed by atoms with van der Waals surface area (Å²) in [5.74, 6) is 0.371. The molecule has 6 heteroatoms. The molecule has 0 unspecified atom stereocenters. The van der Waals surface area contributed by atoms with E-state index >= 15 is 0 Å². The van der Waals surface area contributed by atoms with Crippen molar-refractivity contribution in [3.05, 3.63) is 79.2 Å². The molecule has 0 fully saturated rings. The Morgan fingerprint density at radius 2 is 1.69 bits per heavy atom. The number of thioether (sulfide) groups is 1. The molecule has 1 aromatic heterocycles. The van der Waals surface area contributed by atoms with Crippen LogP contribution in [0.15, 0.2) is 58.2 Å². The van der Waals surface area contributed by atoms with Crippen molar-refractivity contribution in [3.8, 4) is 17.8 Å². The third-order valence-electron chi connectivity index (χ3n) is 4.49. The Kier molecular flexibility index (Phi) is 6.39. The van der Waals surface area contributed by atoms with Gasteiger partial charge in [0.25, 0.3) is 5.56 Å². The Labute approximate surface area is 177 Å². The standard InChI is InChI=1S/C23H19N3OS2/c1-15(2)17-6-8-19(9-7-17)26-22(27)21(29-23(26)18(13-24)14-25)12-16-4-10-20(28-3)11-5-16/h4-12,15H,1-3H3. The first-order valence-corrected chi connectivity index (χ1v) is 11.0. The third kappa shape index (κ3) is 4.35. The molecule has 2 aromatic carbocycles. The van der Waals surface area contributed by atoms with Crippen molar-refractivity contribution in [2.24, 2.45) is 0 Å². The summed E-state index contributed by atoms with van der Waals surface area (Å²) in [4.78, 5) is 14.3. The molecule has 1 heterocycles. The van der Waals surface area contributed by atoms with Crippen LogP contribution in [-0.2, 0) is 0 Å². The molecule has 0 N–H and O–H groups in total. The molecule has 0 amide bonds. The molecular weight excluding hydrogens is 398 g/mol.